The molecule has 7 heteroatoms. The number of thioether (sulfide) groups is 1. The fourth-order valence-corrected chi connectivity index (χ4v) is 6.93. The molecule has 1 aromatic heterocycles. The molecular weight excluding hydrogens is 446 g/mol. The fraction of sp³-hybridized carbons (Fsp3) is 0.333. The number of rotatable bonds is 1. The van der Waals surface area contributed by atoms with Crippen molar-refractivity contribution in [1.29, 1.82) is 0 Å². The summed E-state index contributed by atoms with van der Waals surface area (Å²) in [5, 5.41) is 13.0. The monoisotopic (exact) mass is 473 g/mol. The number of nitrogens with zero attached hydrogens (tertiary/aromatic N) is 3. The molecule has 1 unspecified atom stereocenters. The van der Waals surface area contributed by atoms with E-state index >= 15 is 0 Å². The van der Waals surface area contributed by atoms with Crippen LogP contribution < -0.4 is 10.4 Å². The van der Waals surface area contributed by atoms with Crippen molar-refractivity contribution in [1.82, 2.24) is 9.58 Å². The molecule has 174 valence electrons. The first kappa shape index (κ1) is 21.4. The Morgan fingerprint density at radius 2 is 1.82 bits per heavy atom. The lowest BCUT2D eigenvalue weighted by Gasteiger charge is -2.52. The van der Waals surface area contributed by atoms with Gasteiger partial charge in [0, 0.05) is 29.0 Å². The van der Waals surface area contributed by atoms with Crippen molar-refractivity contribution >= 4 is 17.7 Å². The molecule has 0 spiro atoms. The SMILES string of the molecule is CC(C)N1C(=O)c2c(O)c(=O)ccn2N2C1CCCc1cccc3c1[C@H]2c1ccccc1SC3. The molecule has 3 aliphatic rings. The summed E-state index contributed by atoms with van der Waals surface area (Å²) in [4.78, 5) is 29.2. The Balaban J connectivity index is 1.71. The third-order valence-electron chi connectivity index (χ3n) is 7.25. The third kappa shape index (κ3) is 3.03. The van der Waals surface area contributed by atoms with Crippen LogP contribution in [0.1, 0.15) is 65.5 Å². The van der Waals surface area contributed by atoms with Crippen LogP contribution in [-0.2, 0) is 12.2 Å². The van der Waals surface area contributed by atoms with Crippen molar-refractivity contribution in [2.45, 2.75) is 62.0 Å². The standard InChI is InChI=1S/C27H27N3O3S/c1-16(2)29-22-12-6-8-17-7-5-9-18-15-34-21-11-4-3-10-19(21)24(23(17)18)30(22)28-14-13-20(31)26(32)25(28)27(29)33/h3-5,7,9-11,13-14,16,22,24,32H,6,8,12,15H2,1-2H3/t22?,24-/m1/s1. The first-order valence-electron chi connectivity index (χ1n) is 11.9. The van der Waals surface area contributed by atoms with Crippen molar-refractivity contribution in [3.8, 4) is 5.75 Å². The van der Waals surface area contributed by atoms with E-state index in [0.29, 0.717) is 0 Å². The second-order valence-corrected chi connectivity index (χ2v) is 10.5. The van der Waals surface area contributed by atoms with E-state index in [2.05, 4.69) is 47.5 Å². The maximum absolute atomic E-state index is 13.7. The molecule has 0 fully saturated rings. The highest BCUT2D eigenvalue weighted by Gasteiger charge is 2.46. The van der Waals surface area contributed by atoms with Crippen LogP contribution in [0.25, 0.3) is 0 Å². The van der Waals surface area contributed by atoms with Crippen LogP contribution in [0.4, 0.5) is 0 Å². The average molecular weight is 474 g/mol. The molecule has 4 heterocycles. The zero-order valence-corrected chi connectivity index (χ0v) is 20.1. The van der Waals surface area contributed by atoms with Crippen LogP contribution in [0.5, 0.6) is 5.75 Å². The quantitative estimate of drug-likeness (QED) is 0.567. The number of carbonyl (C=O) groups is 1. The van der Waals surface area contributed by atoms with Crippen LogP contribution in [0.15, 0.2) is 64.4 Å². The van der Waals surface area contributed by atoms with Crippen LogP contribution in [0.3, 0.4) is 0 Å². The largest absolute Gasteiger partial charge is 0.502 e. The van der Waals surface area contributed by atoms with Crippen molar-refractivity contribution in [2.75, 3.05) is 5.01 Å². The normalized spacial score (nSPS) is 21.1. The van der Waals surface area contributed by atoms with Gasteiger partial charge in [-0.25, -0.2) is 0 Å². The van der Waals surface area contributed by atoms with Gasteiger partial charge in [-0.15, -0.1) is 11.8 Å². The number of aryl methyl sites for hydroxylation is 1. The summed E-state index contributed by atoms with van der Waals surface area (Å²) in [6.07, 6.45) is 4.15. The van der Waals surface area contributed by atoms with Gasteiger partial charge in [-0.2, -0.15) is 0 Å². The van der Waals surface area contributed by atoms with Gasteiger partial charge in [-0.3, -0.25) is 19.3 Å². The van der Waals surface area contributed by atoms with E-state index in [0.717, 1.165) is 25.0 Å². The molecule has 3 aromatic rings. The lowest BCUT2D eigenvalue weighted by molar-refractivity contribution is 0.0440. The summed E-state index contributed by atoms with van der Waals surface area (Å²) in [5.74, 6) is 0.102. The van der Waals surface area contributed by atoms with E-state index in [-0.39, 0.29) is 29.9 Å². The number of carbonyl (C=O) groups excluding carboxylic acids is 1. The topological polar surface area (TPSA) is 65.8 Å². The number of fused-ring (bicyclic) bond motifs is 6. The Bertz CT molecular complexity index is 1370. The molecule has 0 bridgehead atoms. The van der Waals surface area contributed by atoms with Gasteiger partial charge < -0.3 is 10.0 Å². The Hall–Kier alpha value is -3.19. The minimum absolute atomic E-state index is 0.0476. The predicted molar refractivity (Wildman–Crippen MR) is 133 cm³/mol. The van der Waals surface area contributed by atoms with Crippen LogP contribution in [0.2, 0.25) is 0 Å². The Morgan fingerprint density at radius 1 is 1.03 bits per heavy atom. The summed E-state index contributed by atoms with van der Waals surface area (Å²) in [5.41, 5.74) is 4.61. The van der Waals surface area contributed by atoms with E-state index in [1.54, 1.807) is 10.9 Å². The first-order chi connectivity index (χ1) is 16.5. The molecule has 1 amide bonds. The average Bonchev–Trinajstić information content (AvgIpc) is 2.97. The van der Waals surface area contributed by atoms with Crippen LogP contribution in [0, 0.1) is 0 Å². The van der Waals surface area contributed by atoms with Gasteiger partial charge in [0.15, 0.2) is 11.4 Å². The molecule has 2 aromatic carbocycles. The molecule has 2 atom stereocenters. The minimum Gasteiger partial charge on any atom is -0.502 e. The summed E-state index contributed by atoms with van der Waals surface area (Å²) in [6, 6.07) is 16.2. The van der Waals surface area contributed by atoms with Gasteiger partial charge in [0.05, 0.1) is 6.04 Å². The second kappa shape index (κ2) is 7.94. The number of benzene rings is 2. The highest BCUT2D eigenvalue weighted by atomic mass is 32.2. The maximum Gasteiger partial charge on any atom is 0.278 e. The molecule has 0 aliphatic carbocycles. The third-order valence-corrected chi connectivity index (χ3v) is 8.39. The number of amides is 1. The van der Waals surface area contributed by atoms with Gasteiger partial charge in [-0.1, -0.05) is 36.4 Å². The zero-order chi connectivity index (χ0) is 23.6. The Labute approximate surface area is 202 Å². The maximum atomic E-state index is 13.7. The Kier molecular flexibility index (Phi) is 4.99. The first-order valence-corrected chi connectivity index (χ1v) is 12.8. The number of aromatic nitrogens is 1. The summed E-state index contributed by atoms with van der Waals surface area (Å²) >= 11 is 1.84. The highest BCUT2D eigenvalue weighted by Crippen LogP contribution is 2.47. The minimum atomic E-state index is -0.535. The summed E-state index contributed by atoms with van der Waals surface area (Å²) < 4.78 is 1.76. The lowest BCUT2D eigenvalue weighted by Crippen LogP contribution is -2.64. The molecule has 3 aliphatic heterocycles. The molecule has 0 saturated heterocycles. The smallest absolute Gasteiger partial charge is 0.278 e. The van der Waals surface area contributed by atoms with E-state index < -0.39 is 11.2 Å². The molecule has 0 saturated carbocycles. The molecule has 34 heavy (non-hydrogen) atoms. The number of hydrogen-bond donors (Lipinski definition) is 1. The van der Waals surface area contributed by atoms with Gasteiger partial charge >= 0.3 is 0 Å². The van der Waals surface area contributed by atoms with Gasteiger partial charge in [0.2, 0.25) is 5.43 Å². The molecule has 6 rings (SSSR count). The van der Waals surface area contributed by atoms with Gasteiger partial charge in [0.25, 0.3) is 5.91 Å². The van der Waals surface area contributed by atoms with Gasteiger partial charge in [-0.05, 0) is 61.4 Å². The molecule has 0 radical (unpaired) electrons. The van der Waals surface area contributed by atoms with Crippen molar-refractivity contribution in [3.63, 3.8) is 0 Å². The van der Waals surface area contributed by atoms with E-state index in [1.807, 2.05) is 30.5 Å². The summed E-state index contributed by atoms with van der Waals surface area (Å²) in [6.45, 7) is 4.00. The van der Waals surface area contributed by atoms with Crippen molar-refractivity contribution in [2.24, 2.45) is 0 Å². The molecule has 6 nitrogen and oxygen atoms in total. The van der Waals surface area contributed by atoms with Crippen molar-refractivity contribution < 1.29 is 9.90 Å². The lowest BCUT2D eigenvalue weighted by atomic mass is 9.85. The van der Waals surface area contributed by atoms with Crippen molar-refractivity contribution in [3.05, 3.63) is 92.9 Å². The Morgan fingerprint density at radius 3 is 2.65 bits per heavy atom. The number of hydrogen-bond acceptors (Lipinski definition) is 5. The highest BCUT2D eigenvalue weighted by molar-refractivity contribution is 7.98. The number of pyridine rings is 1. The number of aromatic hydroxyl groups is 1. The van der Waals surface area contributed by atoms with Crippen LogP contribution in [-0.4, -0.2) is 32.8 Å². The van der Waals surface area contributed by atoms with E-state index in [9.17, 15) is 14.7 Å². The van der Waals surface area contributed by atoms with Crippen LogP contribution >= 0.6 is 11.8 Å². The molecular formula is C27H27N3O3S. The molecule has 1 N–H and O–H groups in total. The summed E-state index contributed by atoms with van der Waals surface area (Å²) in [7, 11) is 0. The van der Waals surface area contributed by atoms with E-state index in [4.69, 9.17) is 0 Å². The zero-order valence-electron chi connectivity index (χ0n) is 19.3. The van der Waals surface area contributed by atoms with E-state index in [1.165, 1.54) is 33.2 Å². The fourth-order valence-electron chi connectivity index (χ4n) is 5.84. The second-order valence-electron chi connectivity index (χ2n) is 9.50. The van der Waals surface area contributed by atoms with Gasteiger partial charge in [0.1, 0.15) is 6.17 Å². The predicted octanol–water partition coefficient (Wildman–Crippen LogP) is 4.41.